The second kappa shape index (κ2) is 2.80. The first-order valence-corrected chi connectivity index (χ1v) is 4.25. The normalized spacial score (nSPS) is 33.8. The van der Waals surface area contributed by atoms with Crippen molar-refractivity contribution < 1.29 is 4.79 Å². The highest BCUT2D eigenvalue weighted by Gasteiger charge is 2.37. The van der Waals surface area contributed by atoms with E-state index in [0.717, 1.165) is 19.1 Å². The Labute approximate surface area is 68.5 Å². The summed E-state index contributed by atoms with van der Waals surface area (Å²) in [6, 6.07) is 0. The van der Waals surface area contributed by atoms with Crippen molar-refractivity contribution in [3.63, 3.8) is 0 Å². The largest absolute Gasteiger partial charge is 0.303 e. The number of rotatable bonds is 2. The Morgan fingerprint density at radius 1 is 1.73 bits per heavy atom. The van der Waals surface area contributed by atoms with Gasteiger partial charge in [-0.3, -0.25) is 0 Å². The molecule has 0 radical (unpaired) electrons. The maximum Gasteiger partial charge on any atom is 0.123 e. The number of carbonyl (C=O) groups excluding carboxylic acids is 1. The van der Waals surface area contributed by atoms with Gasteiger partial charge in [0.1, 0.15) is 6.29 Å². The van der Waals surface area contributed by atoms with Crippen molar-refractivity contribution >= 4 is 6.29 Å². The van der Waals surface area contributed by atoms with Crippen LogP contribution in [0, 0.1) is 11.3 Å². The van der Waals surface area contributed by atoms with E-state index in [9.17, 15) is 4.79 Å². The van der Waals surface area contributed by atoms with Crippen molar-refractivity contribution in [2.24, 2.45) is 11.3 Å². The molecule has 0 bridgehead atoms. The van der Waals surface area contributed by atoms with Gasteiger partial charge in [0.25, 0.3) is 0 Å². The lowest BCUT2D eigenvalue weighted by Crippen LogP contribution is -2.24. The van der Waals surface area contributed by atoms with E-state index >= 15 is 0 Å². The van der Waals surface area contributed by atoms with Crippen molar-refractivity contribution in [3.05, 3.63) is 12.2 Å². The van der Waals surface area contributed by atoms with Gasteiger partial charge in [0, 0.05) is 5.92 Å². The molecule has 0 aromatic rings. The highest BCUT2D eigenvalue weighted by atomic mass is 16.1. The minimum atomic E-state index is 0.0990. The van der Waals surface area contributed by atoms with Crippen LogP contribution in [0.1, 0.15) is 33.1 Å². The molecule has 11 heavy (non-hydrogen) atoms. The van der Waals surface area contributed by atoms with Gasteiger partial charge in [-0.2, -0.15) is 0 Å². The molecule has 0 amide bonds. The molecule has 1 saturated carbocycles. The van der Waals surface area contributed by atoms with Gasteiger partial charge in [-0.1, -0.05) is 26.0 Å². The number of carbonyl (C=O) groups is 1. The molecule has 1 nitrogen and oxygen atoms in total. The molecule has 0 aliphatic heterocycles. The molecule has 2 atom stereocenters. The van der Waals surface area contributed by atoms with E-state index in [-0.39, 0.29) is 11.3 Å². The smallest absolute Gasteiger partial charge is 0.123 e. The zero-order valence-electron chi connectivity index (χ0n) is 7.39. The Morgan fingerprint density at radius 3 is 2.73 bits per heavy atom. The van der Waals surface area contributed by atoms with E-state index in [1.54, 1.807) is 0 Å². The molecule has 0 N–H and O–H groups in total. The second-order valence-electron chi connectivity index (χ2n) is 3.80. The van der Waals surface area contributed by atoms with E-state index in [2.05, 4.69) is 13.5 Å². The standard InChI is InChI=1S/C10H16O/c1-8-5-4-6-10(8,3)9(2)7-11/h7,9H,1,4-6H2,2-3H3. The van der Waals surface area contributed by atoms with Crippen molar-refractivity contribution in [1.29, 1.82) is 0 Å². The van der Waals surface area contributed by atoms with Crippen LogP contribution in [0.15, 0.2) is 12.2 Å². The molecule has 2 unspecified atom stereocenters. The SMILES string of the molecule is C=C1CCCC1(C)C(C)C=O. The molecule has 1 fully saturated rings. The summed E-state index contributed by atoms with van der Waals surface area (Å²) in [5, 5.41) is 0. The number of aldehydes is 1. The van der Waals surface area contributed by atoms with Crippen molar-refractivity contribution in [2.45, 2.75) is 33.1 Å². The molecule has 62 valence electrons. The maximum atomic E-state index is 10.6. The third-order valence-electron chi connectivity index (χ3n) is 3.19. The average molecular weight is 152 g/mol. The van der Waals surface area contributed by atoms with Crippen LogP contribution in [-0.4, -0.2) is 6.29 Å². The molecule has 0 heterocycles. The number of hydrogen-bond donors (Lipinski definition) is 0. The van der Waals surface area contributed by atoms with Crippen molar-refractivity contribution in [3.8, 4) is 0 Å². The molecule has 1 heteroatoms. The molecule has 0 aromatic heterocycles. The molecular weight excluding hydrogens is 136 g/mol. The molecule has 1 aliphatic carbocycles. The van der Waals surface area contributed by atoms with Gasteiger partial charge in [-0.25, -0.2) is 0 Å². The zero-order chi connectivity index (χ0) is 8.48. The fraction of sp³-hybridized carbons (Fsp3) is 0.700. The predicted octanol–water partition coefficient (Wildman–Crippen LogP) is 2.57. The average Bonchev–Trinajstić information content (AvgIpc) is 2.32. The summed E-state index contributed by atoms with van der Waals surface area (Å²) in [4.78, 5) is 10.6. The van der Waals surface area contributed by atoms with Crippen molar-refractivity contribution in [2.75, 3.05) is 0 Å². The lowest BCUT2D eigenvalue weighted by atomic mass is 9.75. The van der Waals surface area contributed by atoms with Gasteiger partial charge in [-0.15, -0.1) is 0 Å². The summed E-state index contributed by atoms with van der Waals surface area (Å²) < 4.78 is 0. The van der Waals surface area contributed by atoms with Gasteiger partial charge in [0.05, 0.1) is 0 Å². The quantitative estimate of drug-likeness (QED) is 0.439. The second-order valence-corrected chi connectivity index (χ2v) is 3.80. The molecule has 0 spiro atoms. The van der Waals surface area contributed by atoms with E-state index in [1.165, 1.54) is 12.0 Å². The summed E-state index contributed by atoms with van der Waals surface area (Å²) >= 11 is 0. The fourth-order valence-electron chi connectivity index (χ4n) is 1.83. The first-order valence-electron chi connectivity index (χ1n) is 4.25. The van der Waals surface area contributed by atoms with Crippen LogP contribution in [0.4, 0.5) is 0 Å². The maximum absolute atomic E-state index is 10.6. The van der Waals surface area contributed by atoms with Crippen LogP contribution < -0.4 is 0 Å². The summed E-state index contributed by atoms with van der Waals surface area (Å²) in [7, 11) is 0. The van der Waals surface area contributed by atoms with Gasteiger partial charge < -0.3 is 4.79 Å². The monoisotopic (exact) mass is 152 g/mol. The van der Waals surface area contributed by atoms with Gasteiger partial charge in [0.2, 0.25) is 0 Å². The highest BCUT2D eigenvalue weighted by Crippen LogP contribution is 2.46. The first-order chi connectivity index (χ1) is 5.11. The third kappa shape index (κ3) is 1.24. The van der Waals surface area contributed by atoms with Gasteiger partial charge in [0.15, 0.2) is 0 Å². The van der Waals surface area contributed by atoms with E-state index < -0.39 is 0 Å². The molecule has 0 saturated heterocycles. The van der Waals surface area contributed by atoms with E-state index in [0.29, 0.717) is 0 Å². The third-order valence-corrected chi connectivity index (χ3v) is 3.19. The zero-order valence-corrected chi connectivity index (χ0v) is 7.39. The lowest BCUT2D eigenvalue weighted by molar-refractivity contribution is -0.113. The van der Waals surface area contributed by atoms with Crippen LogP contribution >= 0.6 is 0 Å². The number of hydrogen-bond acceptors (Lipinski definition) is 1. The Bertz CT molecular complexity index is 183. The summed E-state index contributed by atoms with van der Waals surface area (Å²) in [6.07, 6.45) is 4.49. The van der Waals surface area contributed by atoms with Gasteiger partial charge >= 0.3 is 0 Å². The van der Waals surface area contributed by atoms with E-state index in [1.807, 2.05) is 6.92 Å². The minimum absolute atomic E-state index is 0.0990. The van der Waals surface area contributed by atoms with Crippen molar-refractivity contribution in [1.82, 2.24) is 0 Å². The van der Waals surface area contributed by atoms with Crippen LogP contribution in [0.5, 0.6) is 0 Å². The molecule has 1 aliphatic rings. The number of allylic oxidation sites excluding steroid dienone is 1. The Kier molecular flexibility index (Phi) is 2.17. The molecular formula is C10H16O. The highest BCUT2D eigenvalue weighted by molar-refractivity contribution is 5.56. The fourth-order valence-corrected chi connectivity index (χ4v) is 1.83. The summed E-state index contributed by atoms with van der Waals surface area (Å²) in [5.41, 5.74) is 1.36. The van der Waals surface area contributed by atoms with E-state index in [4.69, 9.17) is 0 Å². The molecule has 0 aromatic carbocycles. The Balaban J connectivity index is 2.80. The Morgan fingerprint density at radius 2 is 2.36 bits per heavy atom. The van der Waals surface area contributed by atoms with Crippen LogP contribution in [0.3, 0.4) is 0 Å². The lowest BCUT2D eigenvalue weighted by Gasteiger charge is -2.28. The predicted molar refractivity (Wildman–Crippen MR) is 46.3 cm³/mol. The summed E-state index contributed by atoms with van der Waals surface area (Å²) in [6.45, 7) is 8.16. The first kappa shape index (κ1) is 8.51. The minimum Gasteiger partial charge on any atom is -0.303 e. The van der Waals surface area contributed by atoms with Crippen LogP contribution in [-0.2, 0) is 4.79 Å². The molecule has 1 rings (SSSR count). The topological polar surface area (TPSA) is 17.1 Å². The Hall–Kier alpha value is -0.590. The van der Waals surface area contributed by atoms with Gasteiger partial charge in [-0.05, 0) is 24.7 Å². The van der Waals surface area contributed by atoms with Crippen LogP contribution in [0.25, 0.3) is 0 Å². The van der Waals surface area contributed by atoms with Crippen LogP contribution in [0.2, 0.25) is 0 Å². The summed E-state index contributed by atoms with van der Waals surface area (Å²) in [5.74, 6) is 0.137.